The molecule has 2 saturated heterocycles. The topological polar surface area (TPSA) is 53.1 Å². The van der Waals surface area contributed by atoms with Crippen LogP contribution in [0.2, 0.25) is 0 Å². The van der Waals surface area contributed by atoms with Crippen molar-refractivity contribution in [2.45, 2.75) is 57.7 Å². The van der Waals surface area contributed by atoms with E-state index in [1.54, 1.807) is 0 Å². The van der Waals surface area contributed by atoms with Crippen LogP contribution in [0.3, 0.4) is 0 Å². The Labute approximate surface area is 159 Å². The van der Waals surface area contributed by atoms with Crippen molar-refractivity contribution in [3.8, 4) is 5.88 Å². The molecule has 0 unspecified atom stereocenters. The first-order chi connectivity index (χ1) is 13.0. The summed E-state index contributed by atoms with van der Waals surface area (Å²) in [4.78, 5) is 6.85. The summed E-state index contributed by atoms with van der Waals surface area (Å²) in [6, 6.07) is 12.5. The van der Waals surface area contributed by atoms with Crippen LogP contribution < -0.4 is 9.64 Å². The zero-order chi connectivity index (χ0) is 18.6. The van der Waals surface area contributed by atoms with Gasteiger partial charge in [0.25, 0.3) is 0 Å². The molecule has 0 saturated carbocycles. The molecule has 2 fully saturated rings. The number of benzene rings is 1. The summed E-state index contributed by atoms with van der Waals surface area (Å²) in [5, 5.41) is 0. The van der Waals surface area contributed by atoms with E-state index in [4.69, 9.17) is 18.9 Å². The van der Waals surface area contributed by atoms with Gasteiger partial charge in [0.1, 0.15) is 11.8 Å². The van der Waals surface area contributed by atoms with Crippen LogP contribution in [-0.4, -0.2) is 41.9 Å². The Kier molecular flexibility index (Phi) is 3.89. The predicted octanol–water partition coefficient (Wildman–Crippen LogP) is 3.03. The molecule has 1 aromatic heterocycles. The molecule has 0 N–H and O–H groups in total. The second-order valence-corrected chi connectivity index (χ2v) is 7.93. The molecule has 6 heteroatoms. The largest absolute Gasteiger partial charge is 0.467 e. The van der Waals surface area contributed by atoms with E-state index in [0.29, 0.717) is 12.4 Å². The van der Waals surface area contributed by atoms with E-state index in [1.807, 2.05) is 33.0 Å². The maximum absolute atomic E-state index is 6.33. The maximum atomic E-state index is 6.33. The standard InChI is InChI=1S/C21H24N2O4/c1-13-9-15-19(22-10-13)25-17-16(24-20-18(17)26-21(2,3)27-20)12-23(15)11-14-7-5-4-6-8-14/h4-10,16-18,20H,11-12H2,1-3H3/t16-,17+,18-,20-/m1/s1. The Morgan fingerprint density at radius 1 is 1.15 bits per heavy atom. The molecule has 0 amide bonds. The minimum absolute atomic E-state index is 0.144. The molecule has 0 spiro atoms. The first kappa shape index (κ1) is 17.0. The van der Waals surface area contributed by atoms with E-state index in [-0.39, 0.29) is 18.3 Å². The molecular weight excluding hydrogens is 344 g/mol. The van der Waals surface area contributed by atoms with Gasteiger partial charge in [-0.2, -0.15) is 0 Å². The zero-order valence-electron chi connectivity index (χ0n) is 15.8. The second kappa shape index (κ2) is 6.19. The molecule has 5 rings (SSSR count). The highest BCUT2D eigenvalue weighted by molar-refractivity contribution is 5.57. The summed E-state index contributed by atoms with van der Waals surface area (Å²) in [6.07, 6.45) is 0.794. The van der Waals surface area contributed by atoms with Gasteiger partial charge in [0, 0.05) is 19.3 Å². The van der Waals surface area contributed by atoms with Gasteiger partial charge < -0.3 is 23.8 Å². The fourth-order valence-corrected chi connectivity index (χ4v) is 4.09. The number of nitrogens with zero attached hydrogens (tertiary/aromatic N) is 2. The molecule has 0 bridgehead atoms. The first-order valence-corrected chi connectivity index (χ1v) is 9.42. The Hall–Kier alpha value is -2.15. The van der Waals surface area contributed by atoms with Crippen molar-refractivity contribution in [2.24, 2.45) is 0 Å². The lowest BCUT2D eigenvalue weighted by atomic mass is 10.1. The van der Waals surface area contributed by atoms with Crippen LogP contribution in [0.1, 0.15) is 25.0 Å². The zero-order valence-corrected chi connectivity index (χ0v) is 15.8. The third kappa shape index (κ3) is 3.08. The molecule has 0 radical (unpaired) electrons. The lowest BCUT2D eigenvalue weighted by molar-refractivity contribution is -0.211. The Balaban J connectivity index is 1.49. The molecule has 142 valence electrons. The van der Waals surface area contributed by atoms with Crippen molar-refractivity contribution < 1.29 is 18.9 Å². The Bertz CT molecular complexity index is 841. The number of aromatic nitrogens is 1. The summed E-state index contributed by atoms with van der Waals surface area (Å²) < 4.78 is 24.5. The normalized spacial score (nSPS) is 30.9. The van der Waals surface area contributed by atoms with Crippen molar-refractivity contribution in [1.29, 1.82) is 0 Å². The van der Waals surface area contributed by atoms with Gasteiger partial charge in [-0.1, -0.05) is 30.3 Å². The molecular formula is C21H24N2O4. The van der Waals surface area contributed by atoms with Crippen LogP contribution in [0.25, 0.3) is 0 Å². The van der Waals surface area contributed by atoms with Gasteiger partial charge in [0.15, 0.2) is 24.3 Å². The third-order valence-electron chi connectivity index (χ3n) is 5.26. The van der Waals surface area contributed by atoms with E-state index >= 15 is 0 Å². The van der Waals surface area contributed by atoms with Crippen molar-refractivity contribution in [3.63, 3.8) is 0 Å². The number of rotatable bonds is 2. The van der Waals surface area contributed by atoms with Crippen LogP contribution in [0, 0.1) is 6.92 Å². The van der Waals surface area contributed by atoms with Gasteiger partial charge in [-0.05, 0) is 38.0 Å². The lowest BCUT2D eigenvalue weighted by Crippen LogP contribution is -2.42. The summed E-state index contributed by atoms with van der Waals surface area (Å²) >= 11 is 0. The van der Waals surface area contributed by atoms with E-state index < -0.39 is 12.1 Å². The van der Waals surface area contributed by atoms with Crippen molar-refractivity contribution >= 4 is 5.69 Å². The quantitative estimate of drug-likeness (QED) is 0.812. The second-order valence-electron chi connectivity index (χ2n) is 7.93. The van der Waals surface area contributed by atoms with Gasteiger partial charge in [-0.25, -0.2) is 4.98 Å². The van der Waals surface area contributed by atoms with E-state index in [2.05, 4.69) is 40.2 Å². The van der Waals surface area contributed by atoms with Crippen LogP contribution in [-0.2, 0) is 20.8 Å². The Morgan fingerprint density at radius 2 is 1.96 bits per heavy atom. The smallest absolute Gasteiger partial charge is 0.238 e. The van der Waals surface area contributed by atoms with Gasteiger partial charge in [-0.3, -0.25) is 0 Å². The summed E-state index contributed by atoms with van der Waals surface area (Å²) in [5.74, 6) is -0.0370. The highest BCUT2D eigenvalue weighted by Crippen LogP contribution is 2.43. The SMILES string of the molecule is Cc1cnc2c(c1)N(Cc1ccccc1)C[C@H]1O[C@@H]3OC(C)(C)O[C@@H]3[C@H]1O2. The van der Waals surface area contributed by atoms with Crippen molar-refractivity contribution in [2.75, 3.05) is 11.4 Å². The van der Waals surface area contributed by atoms with Crippen LogP contribution >= 0.6 is 0 Å². The number of ether oxygens (including phenoxy) is 4. The molecule has 2 aromatic rings. The number of fused-ring (bicyclic) bond motifs is 4. The van der Waals surface area contributed by atoms with Crippen LogP contribution in [0.5, 0.6) is 5.88 Å². The van der Waals surface area contributed by atoms with Crippen molar-refractivity contribution in [3.05, 3.63) is 53.7 Å². The number of hydrogen-bond donors (Lipinski definition) is 0. The van der Waals surface area contributed by atoms with Gasteiger partial charge in [-0.15, -0.1) is 0 Å². The third-order valence-corrected chi connectivity index (χ3v) is 5.26. The first-order valence-electron chi connectivity index (χ1n) is 9.42. The lowest BCUT2D eigenvalue weighted by Gasteiger charge is -2.27. The highest BCUT2D eigenvalue weighted by atomic mass is 16.8. The monoisotopic (exact) mass is 368 g/mol. The molecule has 3 aliphatic rings. The molecule has 0 aliphatic carbocycles. The minimum atomic E-state index is -0.663. The van der Waals surface area contributed by atoms with E-state index in [0.717, 1.165) is 17.8 Å². The van der Waals surface area contributed by atoms with Gasteiger partial charge in [0.2, 0.25) is 5.88 Å². The average Bonchev–Trinajstić information content (AvgIpc) is 3.03. The average molecular weight is 368 g/mol. The van der Waals surface area contributed by atoms with Gasteiger partial charge >= 0.3 is 0 Å². The molecule has 4 atom stereocenters. The highest BCUT2D eigenvalue weighted by Gasteiger charge is 2.57. The summed E-state index contributed by atoms with van der Waals surface area (Å²) in [5.41, 5.74) is 3.32. The van der Waals surface area contributed by atoms with Gasteiger partial charge in [0.05, 0.1) is 0 Å². The molecule has 1 aromatic carbocycles. The van der Waals surface area contributed by atoms with Crippen molar-refractivity contribution in [1.82, 2.24) is 4.98 Å². The fraction of sp³-hybridized carbons (Fsp3) is 0.476. The van der Waals surface area contributed by atoms with Crippen LogP contribution in [0.4, 0.5) is 5.69 Å². The fourth-order valence-electron chi connectivity index (χ4n) is 4.09. The number of pyridine rings is 1. The molecule has 4 heterocycles. The van der Waals surface area contributed by atoms with Crippen LogP contribution in [0.15, 0.2) is 42.6 Å². The molecule has 3 aliphatic heterocycles. The minimum Gasteiger partial charge on any atom is -0.467 e. The Morgan fingerprint density at radius 3 is 2.78 bits per heavy atom. The predicted molar refractivity (Wildman–Crippen MR) is 99.6 cm³/mol. The maximum Gasteiger partial charge on any atom is 0.238 e. The molecule has 27 heavy (non-hydrogen) atoms. The summed E-state index contributed by atoms with van der Waals surface area (Å²) in [6.45, 7) is 7.30. The van der Waals surface area contributed by atoms with E-state index in [1.165, 1.54) is 5.56 Å². The van der Waals surface area contributed by atoms with E-state index in [9.17, 15) is 0 Å². The summed E-state index contributed by atoms with van der Waals surface area (Å²) in [7, 11) is 0. The molecule has 6 nitrogen and oxygen atoms in total. The number of aryl methyl sites for hydroxylation is 1. The number of hydrogen-bond acceptors (Lipinski definition) is 6. The number of anilines is 1.